The van der Waals surface area contributed by atoms with Crippen LogP contribution in [0.5, 0.6) is 0 Å². The first kappa shape index (κ1) is 30.9. The van der Waals surface area contributed by atoms with Crippen LogP contribution in [0.3, 0.4) is 0 Å². The van der Waals surface area contributed by atoms with E-state index in [0.29, 0.717) is 19.3 Å². The second kappa shape index (κ2) is 15.8. The first-order valence-corrected chi connectivity index (χ1v) is 13.5. The smallest absolute Gasteiger partial charge is 0.329 e. The lowest BCUT2D eigenvalue weighted by Gasteiger charge is -2.27. The normalized spacial score (nSPS) is 24.9. The zero-order valence-electron chi connectivity index (χ0n) is 22.9. The van der Waals surface area contributed by atoms with Crippen LogP contribution in [0.4, 0.5) is 0 Å². The van der Waals surface area contributed by atoms with Crippen molar-refractivity contribution in [2.75, 3.05) is 0 Å². The van der Waals surface area contributed by atoms with Crippen molar-refractivity contribution in [3.63, 3.8) is 0 Å². The van der Waals surface area contributed by atoms with Crippen molar-refractivity contribution in [3.05, 3.63) is 0 Å². The lowest BCUT2D eigenvalue weighted by Crippen LogP contribution is -2.56. The van der Waals surface area contributed by atoms with E-state index in [1.54, 1.807) is 0 Å². The maximum Gasteiger partial charge on any atom is 0.329 e. The molecule has 0 radical (unpaired) electrons. The minimum absolute atomic E-state index is 0.00439. The van der Waals surface area contributed by atoms with Gasteiger partial charge in [0.15, 0.2) is 0 Å². The molecule has 1 heterocycles. The van der Waals surface area contributed by atoms with Crippen molar-refractivity contribution in [3.8, 4) is 0 Å². The molecule has 1 rings (SSSR count). The Kier molecular flexibility index (Phi) is 13.9. The van der Waals surface area contributed by atoms with Gasteiger partial charge in [0.05, 0.1) is 6.42 Å². The summed E-state index contributed by atoms with van der Waals surface area (Å²) < 4.78 is 5.80. The summed E-state index contributed by atoms with van der Waals surface area (Å²) in [6, 6.07) is -2.42. The molecule has 8 nitrogen and oxygen atoms in total. The van der Waals surface area contributed by atoms with Crippen LogP contribution in [0.2, 0.25) is 0 Å². The Balaban J connectivity index is 3.22. The molecule has 1 aliphatic rings. The van der Waals surface area contributed by atoms with Gasteiger partial charge in [-0.2, -0.15) is 0 Å². The van der Waals surface area contributed by atoms with Gasteiger partial charge in [-0.05, 0) is 43.4 Å². The van der Waals surface area contributed by atoms with E-state index in [1.165, 1.54) is 0 Å². The second-order valence-corrected chi connectivity index (χ2v) is 11.1. The van der Waals surface area contributed by atoms with Crippen LogP contribution >= 0.6 is 0 Å². The third-order valence-electron chi connectivity index (χ3n) is 6.24. The lowest BCUT2D eigenvalue weighted by atomic mass is 9.99. The molecule has 0 bridgehead atoms. The standard InChI is InChI=1S/C27H49N3O5/c1-8-9-10-11-12-13-20-16-23(31)28-21(14-17(2)3)25(32)29-22(15-18(4)5)26(33)30-24(19(6)7)27(34)35-20/h17-22,24H,8-16H2,1-7H3,(H,28,31)(H,29,32)(H,30,33)/t20?,21-,22+,24+/m1/s1. The highest BCUT2D eigenvalue weighted by Crippen LogP contribution is 2.17. The third-order valence-corrected chi connectivity index (χ3v) is 6.24. The number of hydrogen-bond donors (Lipinski definition) is 3. The minimum atomic E-state index is -0.855. The van der Waals surface area contributed by atoms with Gasteiger partial charge in [0.25, 0.3) is 0 Å². The monoisotopic (exact) mass is 495 g/mol. The molecule has 0 aliphatic carbocycles. The molecule has 1 fully saturated rings. The number of unbranched alkanes of at least 4 members (excludes halogenated alkanes) is 4. The molecule has 3 amide bonds. The van der Waals surface area contributed by atoms with Crippen LogP contribution in [-0.4, -0.2) is 47.9 Å². The van der Waals surface area contributed by atoms with Gasteiger partial charge in [0.2, 0.25) is 17.7 Å². The van der Waals surface area contributed by atoms with Crippen molar-refractivity contribution in [2.45, 2.75) is 130 Å². The largest absolute Gasteiger partial charge is 0.460 e. The molecule has 1 aliphatic heterocycles. The Morgan fingerprint density at radius 3 is 1.86 bits per heavy atom. The molecule has 4 atom stereocenters. The van der Waals surface area contributed by atoms with Gasteiger partial charge in [-0.3, -0.25) is 14.4 Å². The highest BCUT2D eigenvalue weighted by Gasteiger charge is 2.34. The van der Waals surface area contributed by atoms with Gasteiger partial charge in [-0.1, -0.05) is 74.1 Å². The summed E-state index contributed by atoms with van der Waals surface area (Å²) in [6.07, 6.45) is 6.06. The molecule has 0 aromatic heterocycles. The number of cyclic esters (lactones) is 1. The van der Waals surface area contributed by atoms with Gasteiger partial charge in [0.1, 0.15) is 24.2 Å². The van der Waals surface area contributed by atoms with E-state index in [9.17, 15) is 19.2 Å². The van der Waals surface area contributed by atoms with Gasteiger partial charge in [0, 0.05) is 0 Å². The van der Waals surface area contributed by atoms with E-state index in [1.807, 2.05) is 41.5 Å². The van der Waals surface area contributed by atoms with E-state index in [2.05, 4.69) is 22.9 Å². The van der Waals surface area contributed by atoms with E-state index in [-0.39, 0.29) is 36.0 Å². The molecular weight excluding hydrogens is 446 g/mol. The number of esters is 1. The van der Waals surface area contributed by atoms with E-state index >= 15 is 0 Å². The molecule has 3 N–H and O–H groups in total. The van der Waals surface area contributed by atoms with E-state index in [4.69, 9.17) is 4.74 Å². The molecule has 8 heteroatoms. The van der Waals surface area contributed by atoms with Gasteiger partial charge < -0.3 is 20.7 Å². The lowest BCUT2D eigenvalue weighted by molar-refractivity contribution is -0.156. The Labute approximate surface area is 212 Å². The molecule has 0 spiro atoms. The van der Waals surface area contributed by atoms with Crippen LogP contribution in [0, 0.1) is 17.8 Å². The van der Waals surface area contributed by atoms with Gasteiger partial charge >= 0.3 is 5.97 Å². The quantitative estimate of drug-likeness (QED) is 0.297. The maximum absolute atomic E-state index is 13.2. The molecule has 202 valence electrons. The summed E-state index contributed by atoms with van der Waals surface area (Å²) in [5, 5.41) is 8.49. The van der Waals surface area contributed by atoms with Gasteiger partial charge in [-0.15, -0.1) is 0 Å². The van der Waals surface area contributed by atoms with Crippen molar-refractivity contribution in [1.29, 1.82) is 0 Å². The second-order valence-electron chi connectivity index (χ2n) is 11.1. The number of amides is 3. The minimum Gasteiger partial charge on any atom is -0.460 e. The van der Waals surface area contributed by atoms with Crippen molar-refractivity contribution >= 4 is 23.7 Å². The average Bonchev–Trinajstić information content (AvgIpc) is 2.74. The van der Waals surface area contributed by atoms with Crippen LogP contribution in [0.25, 0.3) is 0 Å². The topological polar surface area (TPSA) is 114 Å². The Morgan fingerprint density at radius 1 is 0.771 bits per heavy atom. The zero-order chi connectivity index (χ0) is 26.5. The van der Waals surface area contributed by atoms with Gasteiger partial charge in [-0.25, -0.2) is 4.79 Å². The fourth-order valence-electron chi connectivity index (χ4n) is 4.31. The average molecular weight is 496 g/mol. The number of carbonyl (C=O) groups excluding carboxylic acids is 4. The van der Waals surface area contributed by atoms with E-state index in [0.717, 1.165) is 32.1 Å². The number of ether oxygens (including phenoxy) is 1. The number of hydrogen-bond acceptors (Lipinski definition) is 5. The fraction of sp³-hybridized carbons (Fsp3) is 0.852. The van der Waals surface area contributed by atoms with Crippen LogP contribution < -0.4 is 16.0 Å². The summed E-state index contributed by atoms with van der Waals surface area (Å²) in [5.74, 6) is -1.55. The maximum atomic E-state index is 13.2. The summed E-state index contributed by atoms with van der Waals surface area (Å²) in [4.78, 5) is 52.4. The van der Waals surface area contributed by atoms with Crippen molar-refractivity contribution in [1.82, 2.24) is 16.0 Å². The SMILES string of the molecule is CCCCCCCC1CC(=O)N[C@H](CC(C)C)C(=O)N[C@@H](CC(C)C)C(=O)N[C@@H](C(C)C)C(=O)O1. The summed E-state index contributed by atoms with van der Waals surface area (Å²) >= 11 is 0. The highest BCUT2D eigenvalue weighted by molar-refractivity contribution is 5.94. The molecule has 35 heavy (non-hydrogen) atoms. The molecule has 0 aromatic rings. The zero-order valence-corrected chi connectivity index (χ0v) is 22.9. The summed E-state index contributed by atoms with van der Waals surface area (Å²) in [5.41, 5.74) is 0. The predicted molar refractivity (Wildman–Crippen MR) is 137 cm³/mol. The first-order chi connectivity index (χ1) is 16.4. The summed E-state index contributed by atoms with van der Waals surface area (Å²) in [7, 11) is 0. The summed E-state index contributed by atoms with van der Waals surface area (Å²) in [6.45, 7) is 13.7. The van der Waals surface area contributed by atoms with Crippen molar-refractivity contribution < 1.29 is 23.9 Å². The molecule has 1 saturated heterocycles. The van der Waals surface area contributed by atoms with Crippen LogP contribution in [0.1, 0.15) is 106 Å². The van der Waals surface area contributed by atoms with Crippen LogP contribution in [0.15, 0.2) is 0 Å². The third kappa shape index (κ3) is 11.9. The van der Waals surface area contributed by atoms with Crippen molar-refractivity contribution in [2.24, 2.45) is 17.8 Å². The fourth-order valence-corrected chi connectivity index (χ4v) is 4.31. The Hall–Kier alpha value is -2.12. The number of nitrogens with one attached hydrogen (secondary N) is 3. The molecule has 0 saturated carbocycles. The molecular formula is C27H49N3O5. The predicted octanol–water partition coefficient (Wildman–Crippen LogP) is 3.87. The Morgan fingerprint density at radius 2 is 1.31 bits per heavy atom. The molecule has 0 aromatic carbocycles. The molecule has 1 unspecified atom stereocenters. The first-order valence-electron chi connectivity index (χ1n) is 13.5. The van der Waals surface area contributed by atoms with Crippen LogP contribution in [-0.2, 0) is 23.9 Å². The number of rotatable bonds is 11. The highest BCUT2D eigenvalue weighted by atomic mass is 16.5. The van der Waals surface area contributed by atoms with E-state index < -0.39 is 36.1 Å². The Bertz CT molecular complexity index is 692. The number of carbonyl (C=O) groups is 4.